The number of carboxylic acids is 2. The number of benzene rings is 1. The molecule has 0 heterocycles. The number of aromatic carboxylic acids is 1. The highest BCUT2D eigenvalue weighted by Crippen LogP contribution is 2.24. The van der Waals surface area contributed by atoms with Crippen molar-refractivity contribution >= 4 is 33.2 Å². The molecular formula is C12H8O6S. The van der Waals surface area contributed by atoms with Crippen LogP contribution in [0.5, 0.6) is 0 Å². The fourth-order valence-corrected chi connectivity index (χ4v) is 2.65. The standard InChI is InChI=1S/C12H8O6S/c13-11(14)7-2-3-8-6(5-7)1-4-9(12(15)16)10(8)19(17)18/h1-5,9H,(H,13,14)(H,15,16). The minimum atomic E-state index is -2.69. The van der Waals surface area contributed by atoms with E-state index in [1.165, 1.54) is 30.4 Å². The van der Waals surface area contributed by atoms with Crippen LogP contribution < -0.4 is 0 Å². The Morgan fingerprint density at radius 1 is 1.16 bits per heavy atom. The maximum Gasteiger partial charge on any atom is 0.335 e. The van der Waals surface area contributed by atoms with Gasteiger partial charge in [0.15, 0.2) is 0 Å². The van der Waals surface area contributed by atoms with Crippen molar-refractivity contribution in [1.82, 2.24) is 0 Å². The van der Waals surface area contributed by atoms with Gasteiger partial charge in [-0.15, -0.1) is 0 Å². The second-order valence-corrected chi connectivity index (χ2v) is 4.79. The highest BCUT2D eigenvalue weighted by atomic mass is 32.2. The van der Waals surface area contributed by atoms with Crippen molar-refractivity contribution in [3.63, 3.8) is 0 Å². The van der Waals surface area contributed by atoms with Crippen molar-refractivity contribution in [2.24, 2.45) is 5.92 Å². The zero-order chi connectivity index (χ0) is 14.2. The Hall–Kier alpha value is -2.41. The summed E-state index contributed by atoms with van der Waals surface area (Å²) in [5, 5.41) is 17.8. The van der Waals surface area contributed by atoms with E-state index in [-0.39, 0.29) is 16.0 Å². The minimum Gasteiger partial charge on any atom is -0.481 e. The van der Waals surface area contributed by atoms with E-state index in [9.17, 15) is 18.0 Å². The van der Waals surface area contributed by atoms with Crippen LogP contribution >= 0.6 is 0 Å². The van der Waals surface area contributed by atoms with Gasteiger partial charge in [0, 0.05) is 5.56 Å². The highest BCUT2D eigenvalue weighted by Gasteiger charge is 2.29. The fourth-order valence-electron chi connectivity index (χ4n) is 1.90. The summed E-state index contributed by atoms with van der Waals surface area (Å²) in [5.74, 6) is -3.66. The maximum atomic E-state index is 11.2. The van der Waals surface area contributed by atoms with Gasteiger partial charge in [-0.05, 0) is 17.7 Å². The third kappa shape index (κ3) is 2.27. The molecule has 0 saturated carbocycles. The van der Waals surface area contributed by atoms with E-state index in [2.05, 4.69) is 0 Å². The van der Waals surface area contributed by atoms with Crippen LogP contribution in [0.2, 0.25) is 0 Å². The number of carbonyl (C=O) groups is 2. The highest BCUT2D eigenvalue weighted by molar-refractivity contribution is 7.73. The summed E-state index contributed by atoms with van der Waals surface area (Å²) in [6.45, 7) is 0. The quantitative estimate of drug-likeness (QED) is 0.764. The molecule has 1 unspecified atom stereocenters. The molecule has 1 aliphatic carbocycles. The number of rotatable bonds is 2. The second kappa shape index (κ2) is 4.69. The lowest BCUT2D eigenvalue weighted by molar-refractivity contribution is -0.137. The molecule has 0 bridgehead atoms. The summed E-state index contributed by atoms with van der Waals surface area (Å²) in [7, 11) is -2.69. The average molecular weight is 280 g/mol. The van der Waals surface area contributed by atoms with Crippen LogP contribution in [-0.2, 0) is 15.1 Å². The van der Waals surface area contributed by atoms with Gasteiger partial charge < -0.3 is 10.2 Å². The Kier molecular flexibility index (Phi) is 3.22. The maximum absolute atomic E-state index is 11.2. The van der Waals surface area contributed by atoms with E-state index in [0.29, 0.717) is 5.56 Å². The van der Waals surface area contributed by atoms with Gasteiger partial charge in [0.1, 0.15) is 5.92 Å². The van der Waals surface area contributed by atoms with Gasteiger partial charge in [-0.25, -0.2) is 4.79 Å². The number of hydrogen-bond acceptors (Lipinski definition) is 4. The first-order valence-electron chi connectivity index (χ1n) is 5.16. The normalized spacial score (nSPS) is 16.8. The van der Waals surface area contributed by atoms with E-state index in [1.54, 1.807) is 0 Å². The fraction of sp³-hybridized carbons (Fsp3) is 0.0833. The first kappa shape index (κ1) is 13.0. The van der Waals surface area contributed by atoms with E-state index < -0.39 is 28.1 Å². The first-order valence-corrected chi connectivity index (χ1v) is 6.24. The van der Waals surface area contributed by atoms with Crippen molar-refractivity contribution < 1.29 is 28.2 Å². The number of fused-ring (bicyclic) bond motifs is 1. The molecule has 0 aliphatic heterocycles. The third-order valence-corrected chi connectivity index (χ3v) is 3.59. The molecule has 0 radical (unpaired) electrons. The molecule has 0 amide bonds. The molecule has 2 N–H and O–H groups in total. The van der Waals surface area contributed by atoms with Gasteiger partial charge in [0.25, 0.3) is 0 Å². The van der Waals surface area contributed by atoms with Gasteiger partial charge in [-0.1, -0.05) is 18.2 Å². The molecule has 0 spiro atoms. The zero-order valence-corrected chi connectivity index (χ0v) is 10.2. The third-order valence-electron chi connectivity index (χ3n) is 2.76. The smallest absolute Gasteiger partial charge is 0.335 e. The molecule has 1 aromatic rings. The van der Waals surface area contributed by atoms with Crippen LogP contribution in [0, 0.1) is 5.92 Å². The van der Waals surface area contributed by atoms with E-state index >= 15 is 0 Å². The van der Waals surface area contributed by atoms with Crippen molar-refractivity contribution in [2.45, 2.75) is 0 Å². The predicted molar refractivity (Wildman–Crippen MR) is 66.6 cm³/mol. The molecule has 19 heavy (non-hydrogen) atoms. The van der Waals surface area contributed by atoms with Gasteiger partial charge >= 0.3 is 11.9 Å². The summed E-state index contributed by atoms with van der Waals surface area (Å²) in [4.78, 5) is 21.6. The molecule has 6 nitrogen and oxygen atoms in total. The van der Waals surface area contributed by atoms with Crippen LogP contribution in [0.3, 0.4) is 0 Å². The first-order chi connectivity index (χ1) is 8.91. The molecule has 0 saturated heterocycles. The van der Waals surface area contributed by atoms with Crippen LogP contribution in [-0.4, -0.2) is 35.4 Å². The van der Waals surface area contributed by atoms with Crippen molar-refractivity contribution in [3.8, 4) is 0 Å². The Bertz CT molecular complexity index is 733. The Balaban J connectivity index is 2.70. The molecule has 1 aliphatic rings. The van der Waals surface area contributed by atoms with Crippen LogP contribution in [0.15, 0.2) is 24.3 Å². The Labute approximate surface area is 109 Å². The van der Waals surface area contributed by atoms with Gasteiger partial charge in [0.2, 0.25) is 10.3 Å². The van der Waals surface area contributed by atoms with Crippen molar-refractivity contribution in [2.75, 3.05) is 0 Å². The summed E-state index contributed by atoms with van der Waals surface area (Å²) in [6.07, 6.45) is 2.64. The van der Waals surface area contributed by atoms with Gasteiger partial charge in [-0.2, -0.15) is 8.42 Å². The number of carboxylic acid groups (broad SMARTS) is 2. The summed E-state index contributed by atoms with van der Waals surface area (Å²) >= 11 is 0. The minimum absolute atomic E-state index is 0.00760. The van der Waals surface area contributed by atoms with Crippen LogP contribution in [0.4, 0.5) is 0 Å². The zero-order valence-electron chi connectivity index (χ0n) is 9.40. The van der Waals surface area contributed by atoms with Crippen molar-refractivity contribution in [1.29, 1.82) is 0 Å². The second-order valence-electron chi connectivity index (χ2n) is 3.88. The van der Waals surface area contributed by atoms with Crippen LogP contribution in [0.25, 0.3) is 6.08 Å². The topological polar surface area (TPSA) is 109 Å². The van der Waals surface area contributed by atoms with Gasteiger partial charge in [0.05, 0.1) is 10.4 Å². The molecule has 0 aromatic heterocycles. The number of hydrogen-bond donors (Lipinski definition) is 2. The molecule has 1 atom stereocenters. The Morgan fingerprint density at radius 2 is 1.84 bits per heavy atom. The molecule has 1 aromatic carbocycles. The summed E-state index contributed by atoms with van der Waals surface area (Å²) in [5.41, 5.74) is 0.595. The lowest BCUT2D eigenvalue weighted by atomic mass is 9.88. The molecule has 0 fully saturated rings. The largest absolute Gasteiger partial charge is 0.481 e. The molecule has 7 heteroatoms. The lowest BCUT2D eigenvalue weighted by Gasteiger charge is -2.17. The predicted octanol–water partition coefficient (Wildman–Crippen LogP) is 0.512. The summed E-state index contributed by atoms with van der Waals surface area (Å²) in [6, 6.07) is 3.86. The average Bonchev–Trinajstić information content (AvgIpc) is 2.35. The van der Waals surface area contributed by atoms with E-state index in [0.717, 1.165) is 0 Å². The van der Waals surface area contributed by atoms with Gasteiger partial charge in [-0.3, -0.25) is 4.79 Å². The monoisotopic (exact) mass is 280 g/mol. The van der Waals surface area contributed by atoms with E-state index in [1.807, 2.05) is 0 Å². The SMILES string of the molecule is O=C(O)c1ccc2c(c1)C=CC(C(=O)O)C2=S(=O)=O. The van der Waals surface area contributed by atoms with Crippen molar-refractivity contribution in [3.05, 3.63) is 41.0 Å². The Morgan fingerprint density at radius 3 is 2.37 bits per heavy atom. The molecule has 2 rings (SSSR count). The molecule has 98 valence electrons. The van der Waals surface area contributed by atoms with Crippen LogP contribution in [0.1, 0.15) is 21.5 Å². The summed E-state index contributed by atoms with van der Waals surface area (Å²) < 4.78 is 22.4. The molecular weight excluding hydrogens is 272 g/mol. The lowest BCUT2D eigenvalue weighted by Crippen LogP contribution is -2.26. The van der Waals surface area contributed by atoms with E-state index in [4.69, 9.17) is 10.2 Å². The number of aliphatic carboxylic acids is 1.